The molecule has 3 N–H and O–H groups in total. The number of nitrogens with zero attached hydrogens (tertiary/aromatic N) is 9. The Bertz CT molecular complexity index is 1450. The SMILES string of the molecule is N#Cc1ccc(NC(=O)Nc2ncc(CCNc3ncnc4cnn(CCN=[N+]=[N-])c34)s2)cc1Cl. The maximum Gasteiger partial charge on any atom is 0.325 e. The third-order valence-electron chi connectivity index (χ3n) is 4.69. The van der Waals surface area contributed by atoms with Gasteiger partial charge in [-0.05, 0) is 23.7 Å². The number of rotatable bonds is 9. The van der Waals surface area contributed by atoms with Gasteiger partial charge in [0, 0.05) is 47.7 Å². The van der Waals surface area contributed by atoms with E-state index in [1.54, 1.807) is 23.1 Å². The number of hydrogen-bond donors (Lipinski definition) is 3. The van der Waals surface area contributed by atoms with Crippen molar-refractivity contribution in [3.63, 3.8) is 0 Å². The van der Waals surface area contributed by atoms with Crippen LogP contribution in [-0.4, -0.2) is 43.9 Å². The van der Waals surface area contributed by atoms with Crippen LogP contribution in [0, 0.1) is 11.3 Å². The molecule has 2 amide bonds. The van der Waals surface area contributed by atoms with E-state index in [0.29, 0.717) is 47.2 Å². The minimum Gasteiger partial charge on any atom is -0.368 e. The average Bonchev–Trinajstić information content (AvgIpc) is 3.47. The molecule has 35 heavy (non-hydrogen) atoms. The third-order valence-corrected chi connectivity index (χ3v) is 5.97. The molecule has 0 radical (unpaired) electrons. The number of halogens is 1. The van der Waals surface area contributed by atoms with Gasteiger partial charge in [0.2, 0.25) is 0 Å². The molecule has 0 atom stereocenters. The molecule has 0 fully saturated rings. The lowest BCUT2D eigenvalue weighted by atomic mass is 10.2. The second-order valence-electron chi connectivity index (χ2n) is 6.97. The van der Waals surface area contributed by atoms with Crippen molar-refractivity contribution in [2.24, 2.45) is 5.11 Å². The Balaban J connectivity index is 1.32. The van der Waals surface area contributed by atoms with Crippen molar-refractivity contribution in [2.45, 2.75) is 13.0 Å². The molecule has 1 aromatic carbocycles. The Morgan fingerprint density at radius 2 is 2.17 bits per heavy atom. The highest BCUT2D eigenvalue weighted by atomic mass is 35.5. The van der Waals surface area contributed by atoms with Gasteiger partial charge < -0.3 is 10.6 Å². The standard InChI is InChI=1S/C20H17ClN12OS/c21-15-7-13(2-1-12(15)8-22)30-19(34)31-20-25-9-14(35-20)3-4-24-18-17-16(26-11-27-18)10-29-33(17)6-5-28-32-23/h1-2,7,9-11H,3-6H2,(H,24,26,27)(H2,25,30,31,34). The predicted octanol–water partition coefficient (Wildman–Crippen LogP) is 4.42. The predicted molar refractivity (Wildman–Crippen MR) is 132 cm³/mol. The zero-order chi connectivity index (χ0) is 24.6. The summed E-state index contributed by atoms with van der Waals surface area (Å²) >= 11 is 7.34. The number of nitriles is 1. The van der Waals surface area contributed by atoms with Crippen LogP contribution in [0.2, 0.25) is 5.02 Å². The zero-order valence-corrected chi connectivity index (χ0v) is 19.6. The summed E-state index contributed by atoms with van der Waals surface area (Å²) in [7, 11) is 0. The van der Waals surface area contributed by atoms with E-state index in [9.17, 15) is 4.79 Å². The molecule has 0 aliphatic carbocycles. The average molecular weight is 509 g/mol. The normalized spacial score (nSPS) is 10.4. The molecule has 3 aromatic heterocycles. The van der Waals surface area contributed by atoms with E-state index in [4.69, 9.17) is 22.4 Å². The van der Waals surface area contributed by atoms with Gasteiger partial charge in [0.05, 0.1) is 16.8 Å². The summed E-state index contributed by atoms with van der Waals surface area (Å²) in [6.07, 6.45) is 5.43. The number of carbonyl (C=O) groups is 1. The van der Waals surface area contributed by atoms with Crippen LogP contribution < -0.4 is 16.0 Å². The number of carbonyl (C=O) groups excluding carboxylic acids is 1. The van der Waals surface area contributed by atoms with Crippen molar-refractivity contribution in [3.8, 4) is 6.07 Å². The van der Waals surface area contributed by atoms with E-state index >= 15 is 0 Å². The zero-order valence-electron chi connectivity index (χ0n) is 18.0. The van der Waals surface area contributed by atoms with Crippen LogP contribution >= 0.6 is 22.9 Å². The van der Waals surface area contributed by atoms with Crippen LogP contribution in [0.25, 0.3) is 21.5 Å². The maximum atomic E-state index is 12.3. The molecule has 4 aromatic rings. The smallest absolute Gasteiger partial charge is 0.325 e. The Morgan fingerprint density at radius 3 is 2.97 bits per heavy atom. The first-order valence-corrected chi connectivity index (χ1v) is 11.4. The van der Waals surface area contributed by atoms with E-state index in [0.717, 1.165) is 10.4 Å². The second-order valence-corrected chi connectivity index (χ2v) is 8.49. The fourth-order valence-electron chi connectivity index (χ4n) is 3.13. The number of thiazole rings is 1. The van der Waals surface area contributed by atoms with Gasteiger partial charge in [-0.3, -0.25) is 10.00 Å². The summed E-state index contributed by atoms with van der Waals surface area (Å²) in [6, 6.07) is 6.13. The number of nitrogens with one attached hydrogen (secondary N) is 3. The molecule has 13 nitrogen and oxygen atoms in total. The highest BCUT2D eigenvalue weighted by Crippen LogP contribution is 2.23. The molecule has 4 rings (SSSR count). The number of hydrogen-bond acceptors (Lipinski definition) is 9. The first kappa shape index (κ1) is 23.7. The van der Waals surface area contributed by atoms with Crippen LogP contribution in [0.3, 0.4) is 0 Å². The Hall–Kier alpha value is -4.44. The topological polar surface area (TPSA) is 182 Å². The first-order valence-electron chi connectivity index (χ1n) is 10.2. The van der Waals surface area contributed by atoms with Crippen molar-refractivity contribution < 1.29 is 4.79 Å². The minimum atomic E-state index is -0.470. The second kappa shape index (κ2) is 11.1. The van der Waals surface area contributed by atoms with Gasteiger partial charge in [0.1, 0.15) is 23.4 Å². The molecule has 176 valence electrons. The Labute approximate surface area is 207 Å². The fraction of sp³-hybridized carbons (Fsp3) is 0.200. The summed E-state index contributed by atoms with van der Waals surface area (Å²) in [5.74, 6) is 0.622. The molecule has 0 unspecified atom stereocenters. The largest absolute Gasteiger partial charge is 0.368 e. The van der Waals surface area contributed by atoms with Crippen LogP contribution in [0.1, 0.15) is 10.4 Å². The highest BCUT2D eigenvalue weighted by molar-refractivity contribution is 7.15. The lowest BCUT2D eigenvalue weighted by molar-refractivity contribution is 0.262. The van der Waals surface area contributed by atoms with Crippen molar-refractivity contribution >= 4 is 56.6 Å². The number of amides is 2. The number of benzene rings is 1. The van der Waals surface area contributed by atoms with Crippen molar-refractivity contribution in [1.82, 2.24) is 24.7 Å². The summed E-state index contributed by atoms with van der Waals surface area (Å²) in [4.78, 5) is 28.7. The summed E-state index contributed by atoms with van der Waals surface area (Å²) in [5.41, 5.74) is 10.7. The van der Waals surface area contributed by atoms with Crippen molar-refractivity contribution in [2.75, 3.05) is 29.0 Å². The molecule has 0 saturated heterocycles. The summed E-state index contributed by atoms with van der Waals surface area (Å²) < 4.78 is 1.70. The van der Waals surface area contributed by atoms with E-state index in [1.165, 1.54) is 29.8 Å². The van der Waals surface area contributed by atoms with Crippen molar-refractivity contribution in [1.29, 1.82) is 5.26 Å². The number of anilines is 3. The first-order chi connectivity index (χ1) is 17.1. The molecule has 0 spiro atoms. The molecule has 0 aliphatic rings. The van der Waals surface area contributed by atoms with Gasteiger partial charge in [-0.25, -0.2) is 19.7 Å². The molecule has 0 bridgehead atoms. The van der Waals surface area contributed by atoms with E-state index in [-0.39, 0.29) is 11.6 Å². The van der Waals surface area contributed by atoms with Gasteiger partial charge in [-0.15, -0.1) is 11.3 Å². The molecular weight excluding hydrogens is 492 g/mol. The lowest BCUT2D eigenvalue weighted by Gasteiger charge is -2.08. The van der Waals surface area contributed by atoms with E-state index in [2.05, 4.69) is 46.0 Å². The highest BCUT2D eigenvalue weighted by Gasteiger charge is 2.12. The molecule has 0 saturated carbocycles. The van der Waals surface area contributed by atoms with Gasteiger partial charge in [-0.1, -0.05) is 16.7 Å². The maximum absolute atomic E-state index is 12.3. The van der Waals surface area contributed by atoms with Crippen LogP contribution in [0.5, 0.6) is 0 Å². The number of urea groups is 1. The van der Waals surface area contributed by atoms with Crippen molar-refractivity contribution in [3.05, 3.63) is 62.8 Å². The third kappa shape index (κ3) is 5.92. The quantitative estimate of drug-likeness (QED) is 0.170. The summed E-state index contributed by atoms with van der Waals surface area (Å²) in [6.45, 7) is 1.24. The molecule has 3 heterocycles. The van der Waals surface area contributed by atoms with E-state index in [1.807, 2.05) is 6.07 Å². The van der Waals surface area contributed by atoms with Crippen LogP contribution in [0.4, 0.5) is 21.4 Å². The van der Waals surface area contributed by atoms with Crippen LogP contribution in [-0.2, 0) is 13.0 Å². The minimum absolute atomic E-state index is 0.258. The van der Waals surface area contributed by atoms with Gasteiger partial charge in [0.25, 0.3) is 0 Å². The summed E-state index contributed by atoms with van der Waals surface area (Å²) in [5, 5.41) is 26.1. The van der Waals surface area contributed by atoms with Crippen LogP contribution in [0.15, 0.2) is 42.0 Å². The lowest BCUT2D eigenvalue weighted by Crippen LogP contribution is -2.19. The molecular formula is C20H17ClN12OS. The fourth-order valence-corrected chi connectivity index (χ4v) is 4.16. The molecule has 0 aliphatic heterocycles. The van der Waals surface area contributed by atoms with Gasteiger partial charge in [-0.2, -0.15) is 10.4 Å². The number of azide groups is 1. The number of aromatic nitrogens is 5. The monoisotopic (exact) mass is 508 g/mol. The Morgan fingerprint density at radius 1 is 1.29 bits per heavy atom. The van der Waals surface area contributed by atoms with Gasteiger partial charge >= 0.3 is 6.03 Å². The van der Waals surface area contributed by atoms with Gasteiger partial charge in [0.15, 0.2) is 10.9 Å². The van der Waals surface area contributed by atoms with E-state index < -0.39 is 6.03 Å². The Kier molecular flexibility index (Phi) is 7.53. The number of fused-ring (bicyclic) bond motifs is 1. The molecule has 15 heteroatoms.